The Balaban J connectivity index is 4.18. The van der Waals surface area contributed by atoms with Crippen molar-refractivity contribution in [2.45, 2.75) is 39.7 Å². The summed E-state index contributed by atoms with van der Waals surface area (Å²) in [5.74, 6) is 0.407. The van der Waals surface area contributed by atoms with Crippen LogP contribution in [0.3, 0.4) is 0 Å². The van der Waals surface area contributed by atoms with Gasteiger partial charge in [0.15, 0.2) is 0 Å². The van der Waals surface area contributed by atoms with Gasteiger partial charge in [0.1, 0.15) is 0 Å². The highest BCUT2D eigenvalue weighted by Gasteiger charge is 2.16. The predicted octanol–water partition coefficient (Wildman–Crippen LogP) is 1.36. The second kappa shape index (κ2) is 4.82. The normalized spacial score (nSPS) is 17.3. The zero-order valence-electron chi connectivity index (χ0n) is 8.29. The van der Waals surface area contributed by atoms with E-state index in [0.717, 1.165) is 12.8 Å². The molecule has 74 valence electrons. The minimum absolute atomic E-state index is 0.0880. The second-order valence-electron chi connectivity index (χ2n) is 3.29. The quantitative estimate of drug-likeness (QED) is 0.716. The average molecular weight is 193 g/mol. The zero-order valence-corrected chi connectivity index (χ0v) is 9.11. The van der Waals surface area contributed by atoms with Crippen molar-refractivity contribution in [2.24, 2.45) is 5.92 Å². The maximum absolute atomic E-state index is 10.9. The number of nitrogens with one attached hydrogen (secondary N) is 1. The second-order valence-corrected chi connectivity index (χ2v) is 5.07. The maximum atomic E-state index is 10.9. The molecule has 0 amide bonds. The van der Waals surface area contributed by atoms with Gasteiger partial charge in [-0.1, -0.05) is 27.2 Å². The Bertz CT molecular complexity index is 211. The van der Waals surface area contributed by atoms with Gasteiger partial charge >= 0.3 is 0 Å². The lowest BCUT2D eigenvalue weighted by atomic mass is 9.98. The topological polar surface area (TPSA) is 46.2 Å². The molecule has 0 fully saturated rings. The average Bonchev–Trinajstić information content (AvgIpc) is 1.97. The van der Waals surface area contributed by atoms with Crippen molar-refractivity contribution in [3.8, 4) is 0 Å². The van der Waals surface area contributed by atoms with E-state index >= 15 is 0 Å². The molecule has 0 saturated carbocycles. The fourth-order valence-corrected chi connectivity index (χ4v) is 2.11. The molecule has 0 saturated heterocycles. The molecular formula is C8H19NO2S. The van der Waals surface area contributed by atoms with Gasteiger partial charge in [0.05, 0.1) is 6.26 Å². The molecule has 0 bridgehead atoms. The summed E-state index contributed by atoms with van der Waals surface area (Å²) in [6, 6.07) is 0.0880. The van der Waals surface area contributed by atoms with Crippen LogP contribution in [0.2, 0.25) is 0 Å². The first-order chi connectivity index (χ1) is 5.40. The van der Waals surface area contributed by atoms with Crippen molar-refractivity contribution in [2.75, 3.05) is 6.26 Å². The van der Waals surface area contributed by atoms with Crippen LogP contribution in [0.4, 0.5) is 0 Å². The van der Waals surface area contributed by atoms with Crippen molar-refractivity contribution >= 4 is 10.0 Å². The molecule has 0 aliphatic heterocycles. The Hall–Kier alpha value is -0.0900. The predicted molar refractivity (Wildman–Crippen MR) is 51.5 cm³/mol. The van der Waals surface area contributed by atoms with Crippen molar-refractivity contribution < 1.29 is 8.42 Å². The number of hydrogen-bond acceptors (Lipinski definition) is 2. The van der Waals surface area contributed by atoms with E-state index in [1.165, 1.54) is 6.26 Å². The van der Waals surface area contributed by atoms with Gasteiger partial charge in [-0.3, -0.25) is 0 Å². The Morgan fingerprint density at radius 1 is 1.25 bits per heavy atom. The third-order valence-electron chi connectivity index (χ3n) is 2.14. The van der Waals surface area contributed by atoms with Crippen molar-refractivity contribution in [1.29, 1.82) is 0 Å². The molecule has 0 heterocycles. The van der Waals surface area contributed by atoms with Crippen LogP contribution >= 0.6 is 0 Å². The number of hydrogen-bond donors (Lipinski definition) is 1. The number of sulfonamides is 1. The molecule has 4 heteroatoms. The van der Waals surface area contributed by atoms with E-state index < -0.39 is 10.0 Å². The highest BCUT2D eigenvalue weighted by Crippen LogP contribution is 2.11. The van der Waals surface area contributed by atoms with E-state index in [2.05, 4.69) is 18.6 Å². The standard InChI is InChI=1S/C8H19NO2S/c1-5-7(3)8(6-2)9-12(4,10)11/h7-9H,5-6H2,1-4H3. The summed E-state index contributed by atoms with van der Waals surface area (Å²) in [4.78, 5) is 0. The first kappa shape index (κ1) is 11.9. The summed E-state index contributed by atoms with van der Waals surface area (Å²) in [6.07, 6.45) is 3.06. The molecule has 3 nitrogen and oxygen atoms in total. The highest BCUT2D eigenvalue weighted by molar-refractivity contribution is 7.88. The number of rotatable bonds is 5. The van der Waals surface area contributed by atoms with Gasteiger partial charge in [-0.25, -0.2) is 13.1 Å². The smallest absolute Gasteiger partial charge is 0.208 e. The molecule has 0 aromatic heterocycles. The molecule has 2 atom stereocenters. The molecule has 12 heavy (non-hydrogen) atoms. The van der Waals surface area contributed by atoms with Crippen molar-refractivity contribution in [3.05, 3.63) is 0 Å². The van der Waals surface area contributed by atoms with Crippen LogP contribution in [0.25, 0.3) is 0 Å². The summed E-state index contributed by atoms with van der Waals surface area (Å²) in [5.41, 5.74) is 0. The highest BCUT2D eigenvalue weighted by atomic mass is 32.2. The fourth-order valence-electron chi connectivity index (χ4n) is 1.16. The van der Waals surface area contributed by atoms with Crippen LogP contribution in [0, 0.1) is 5.92 Å². The Morgan fingerprint density at radius 3 is 2.00 bits per heavy atom. The molecule has 1 N–H and O–H groups in total. The summed E-state index contributed by atoms with van der Waals surface area (Å²) in [6.45, 7) is 6.12. The molecule has 0 aliphatic rings. The summed E-state index contributed by atoms with van der Waals surface area (Å²) in [7, 11) is -3.04. The molecule has 2 unspecified atom stereocenters. The third kappa shape index (κ3) is 4.72. The SMILES string of the molecule is CCC(C)C(CC)NS(C)(=O)=O. The van der Waals surface area contributed by atoms with Crippen LogP contribution < -0.4 is 4.72 Å². The molecule has 0 spiro atoms. The summed E-state index contributed by atoms with van der Waals surface area (Å²) in [5, 5.41) is 0. The van der Waals surface area contributed by atoms with Gasteiger partial charge in [-0.15, -0.1) is 0 Å². The van der Waals surface area contributed by atoms with Crippen molar-refractivity contribution in [1.82, 2.24) is 4.72 Å². The lowest BCUT2D eigenvalue weighted by Gasteiger charge is -2.21. The van der Waals surface area contributed by atoms with E-state index in [9.17, 15) is 8.42 Å². The molecule has 0 aliphatic carbocycles. The van der Waals surface area contributed by atoms with E-state index in [1.54, 1.807) is 0 Å². The molecular weight excluding hydrogens is 174 g/mol. The lowest BCUT2D eigenvalue weighted by molar-refractivity contribution is 0.400. The Kier molecular flexibility index (Phi) is 4.78. The molecule has 0 radical (unpaired) electrons. The van der Waals surface area contributed by atoms with Gasteiger partial charge in [0.25, 0.3) is 0 Å². The largest absolute Gasteiger partial charge is 0.213 e. The zero-order chi connectivity index (χ0) is 9.78. The van der Waals surface area contributed by atoms with Crippen LogP contribution in [-0.2, 0) is 10.0 Å². The summed E-state index contributed by atoms with van der Waals surface area (Å²) >= 11 is 0. The molecule has 0 aromatic carbocycles. The molecule has 0 rings (SSSR count). The van der Waals surface area contributed by atoms with E-state index in [-0.39, 0.29) is 6.04 Å². The van der Waals surface area contributed by atoms with Crippen molar-refractivity contribution in [3.63, 3.8) is 0 Å². The minimum Gasteiger partial charge on any atom is -0.213 e. The van der Waals surface area contributed by atoms with Gasteiger partial charge in [0.2, 0.25) is 10.0 Å². The van der Waals surface area contributed by atoms with E-state index in [0.29, 0.717) is 5.92 Å². The lowest BCUT2D eigenvalue weighted by Crippen LogP contribution is -2.37. The monoisotopic (exact) mass is 193 g/mol. The van der Waals surface area contributed by atoms with Gasteiger partial charge in [-0.05, 0) is 12.3 Å². The van der Waals surface area contributed by atoms with Crippen LogP contribution in [0.1, 0.15) is 33.6 Å². The van der Waals surface area contributed by atoms with Gasteiger partial charge in [-0.2, -0.15) is 0 Å². The van der Waals surface area contributed by atoms with Gasteiger partial charge < -0.3 is 0 Å². The minimum atomic E-state index is -3.04. The van der Waals surface area contributed by atoms with Gasteiger partial charge in [0, 0.05) is 6.04 Å². The first-order valence-corrected chi connectivity index (χ1v) is 6.27. The Labute approximate surface area is 75.6 Å². The Morgan fingerprint density at radius 2 is 1.75 bits per heavy atom. The maximum Gasteiger partial charge on any atom is 0.208 e. The van der Waals surface area contributed by atoms with Crippen LogP contribution in [0.15, 0.2) is 0 Å². The van der Waals surface area contributed by atoms with E-state index in [1.807, 2.05) is 6.92 Å². The third-order valence-corrected chi connectivity index (χ3v) is 2.87. The fraction of sp³-hybridized carbons (Fsp3) is 1.00. The van der Waals surface area contributed by atoms with Crippen LogP contribution in [0.5, 0.6) is 0 Å². The summed E-state index contributed by atoms with van der Waals surface area (Å²) < 4.78 is 24.4. The first-order valence-electron chi connectivity index (χ1n) is 4.38. The van der Waals surface area contributed by atoms with E-state index in [4.69, 9.17) is 0 Å². The van der Waals surface area contributed by atoms with Crippen LogP contribution in [-0.4, -0.2) is 20.7 Å². The molecule has 0 aromatic rings.